The third-order valence-corrected chi connectivity index (χ3v) is 17.9. The van der Waals surface area contributed by atoms with Crippen molar-refractivity contribution in [3.63, 3.8) is 0 Å². The molecule has 3 aliphatic rings. The first-order valence-corrected chi connectivity index (χ1v) is 29.0. The lowest BCUT2D eigenvalue weighted by Gasteiger charge is -2.34. The van der Waals surface area contributed by atoms with Crippen LogP contribution in [-0.4, -0.2) is 76.1 Å². The number of ether oxygens (including phenoxy) is 4. The number of benzene rings is 8. The van der Waals surface area contributed by atoms with Gasteiger partial charge >= 0.3 is 0 Å². The molecule has 0 aliphatic carbocycles. The normalized spacial score (nSPS) is 17.9. The van der Waals surface area contributed by atoms with E-state index < -0.39 is 21.3 Å². The number of rotatable bonds is 19. The lowest BCUT2D eigenvalue weighted by molar-refractivity contribution is 0.103. The monoisotopic (exact) mass is 1080 g/mol. The Balaban J connectivity index is 0.948. The van der Waals surface area contributed by atoms with Gasteiger partial charge in [-0.05, 0) is 192 Å². The molecule has 0 radical (unpaired) electrons. The van der Waals surface area contributed by atoms with Gasteiger partial charge in [0, 0.05) is 71.8 Å². The summed E-state index contributed by atoms with van der Waals surface area (Å²) in [4.78, 5) is 42.0. The Bertz CT molecular complexity index is 3630. The van der Waals surface area contributed by atoms with Crippen LogP contribution in [0.15, 0.2) is 169 Å². The molecule has 3 atom stereocenters. The highest BCUT2D eigenvalue weighted by Gasteiger charge is 2.39. The molecule has 11 rings (SSSR count). The van der Waals surface area contributed by atoms with Crippen LogP contribution in [0.25, 0.3) is 33.0 Å². The molecule has 3 unspecified atom stereocenters. The zero-order valence-corrected chi connectivity index (χ0v) is 44.4. The second kappa shape index (κ2) is 22.8. The highest BCUT2D eigenvalue weighted by Crippen LogP contribution is 2.42. The number of fused-ring (bicyclic) bond motifs is 1. The van der Waals surface area contributed by atoms with Gasteiger partial charge in [0.1, 0.15) is 32.8 Å². The van der Waals surface area contributed by atoms with Crippen LogP contribution in [0.4, 0.5) is 8.78 Å². The maximum absolute atomic E-state index is 15.3. The molecule has 3 heterocycles. The topological polar surface area (TPSA) is 146 Å². The first kappa shape index (κ1) is 53.6. The van der Waals surface area contributed by atoms with Crippen LogP contribution in [0.1, 0.15) is 91.0 Å². The van der Waals surface area contributed by atoms with E-state index >= 15 is 4.79 Å². The molecular formula is C66H60F2O10S. The van der Waals surface area contributed by atoms with Gasteiger partial charge < -0.3 is 28.1 Å². The van der Waals surface area contributed by atoms with Crippen LogP contribution in [0.3, 0.4) is 0 Å². The summed E-state index contributed by atoms with van der Waals surface area (Å²) >= 11 is 0. The summed E-state index contributed by atoms with van der Waals surface area (Å²) in [5, 5.41) is 1.09. The third-order valence-electron chi connectivity index (χ3n) is 15.6. The van der Waals surface area contributed by atoms with E-state index in [1.54, 1.807) is 72.8 Å². The summed E-state index contributed by atoms with van der Waals surface area (Å²) in [6.45, 7) is 3.46. The second-order valence-corrected chi connectivity index (χ2v) is 24.1. The maximum Gasteiger partial charge on any atom is 0.193 e. The van der Waals surface area contributed by atoms with Crippen molar-refractivity contribution in [3.05, 3.63) is 220 Å². The Kier molecular flexibility index (Phi) is 15.5. The standard InChI is InChI=1S/C66H60F2O10S/c67-56-20-13-50(14-21-56)64(69)48-9-5-46(6-10-48)52-18-25-59(47-7-11-49(12-8-47)65(70)51-15-22-57(68)23-16-51)61(36-52)66(71)55-19-26-62(54(35-55)4-3-43-28-31-76-39-43)78-58-24-17-53-33-44(2-1-42-27-30-75-38-42)34-63(60(53)37-58)79(72,73,74)41-45-29-32-77-40-45/h5-26,33-37,42-43,45H,1-4,27-32,38-41H2,(H2,72,73,74). The van der Waals surface area contributed by atoms with E-state index in [4.69, 9.17) is 18.9 Å². The summed E-state index contributed by atoms with van der Waals surface area (Å²) < 4.78 is 89.5. The number of carbonyl (C=O) groups excluding carboxylic acids is 3. The molecule has 8 aromatic rings. The number of hydrogen-bond donors (Lipinski definition) is 2. The van der Waals surface area contributed by atoms with Gasteiger partial charge in [-0.3, -0.25) is 14.4 Å². The molecule has 404 valence electrons. The van der Waals surface area contributed by atoms with E-state index in [9.17, 15) is 31.7 Å². The van der Waals surface area contributed by atoms with Gasteiger partial charge in [0.15, 0.2) is 17.3 Å². The predicted molar refractivity (Wildman–Crippen MR) is 301 cm³/mol. The minimum absolute atomic E-state index is 0.0338. The molecule has 0 aromatic heterocycles. The Labute approximate surface area is 457 Å². The number of ketones is 3. The van der Waals surface area contributed by atoms with Gasteiger partial charge in [-0.2, -0.15) is 0 Å². The van der Waals surface area contributed by atoms with E-state index in [1.807, 2.05) is 42.5 Å². The molecular weight excluding hydrogens is 1020 g/mol. The second-order valence-electron chi connectivity index (χ2n) is 21.3. The number of halogens is 2. The Morgan fingerprint density at radius 1 is 0.519 bits per heavy atom. The molecule has 0 spiro atoms. The van der Waals surface area contributed by atoms with E-state index in [0.29, 0.717) is 130 Å². The molecule has 0 saturated carbocycles. The molecule has 2 N–H and O–H groups in total. The Morgan fingerprint density at radius 2 is 1.04 bits per heavy atom. The summed E-state index contributed by atoms with van der Waals surface area (Å²) in [6, 6.07) is 44.7. The summed E-state index contributed by atoms with van der Waals surface area (Å²) in [6.07, 6.45) is 5.24. The largest absolute Gasteiger partial charge is 0.457 e. The summed E-state index contributed by atoms with van der Waals surface area (Å²) in [7, 11) is -5.40. The van der Waals surface area contributed by atoms with Crippen molar-refractivity contribution >= 4 is 37.7 Å². The van der Waals surface area contributed by atoms with E-state index in [2.05, 4.69) is 0 Å². The average molecular weight is 1080 g/mol. The lowest BCUT2D eigenvalue weighted by Crippen LogP contribution is -2.39. The van der Waals surface area contributed by atoms with Gasteiger partial charge in [-0.15, -0.1) is 0 Å². The van der Waals surface area contributed by atoms with Crippen molar-refractivity contribution in [2.24, 2.45) is 17.8 Å². The minimum Gasteiger partial charge on any atom is -0.457 e. The molecule has 79 heavy (non-hydrogen) atoms. The van der Waals surface area contributed by atoms with Gasteiger partial charge in [0.2, 0.25) is 0 Å². The van der Waals surface area contributed by atoms with Crippen molar-refractivity contribution in [2.75, 3.05) is 45.4 Å². The smallest absolute Gasteiger partial charge is 0.193 e. The SMILES string of the molecule is O=C(c1ccc(F)cc1)c1ccc(-c2ccc(-c3ccc(C(=O)c4ccc(F)cc4)cc3)c(C(=O)c3ccc(Oc4ccc5cc(CCC6CCOC6)cc(S(=O)(O)(O)CC6CCOC6)c5c4)c(CCC4CCOC4)c3)c2)cc1. The summed E-state index contributed by atoms with van der Waals surface area (Å²) in [5.41, 5.74) is 6.60. The highest BCUT2D eigenvalue weighted by molar-refractivity contribution is 8.10. The van der Waals surface area contributed by atoms with Gasteiger partial charge in [0.25, 0.3) is 0 Å². The Morgan fingerprint density at radius 3 is 1.61 bits per heavy atom. The fraction of sp³-hybridized carbons (Fsp3) is 0.258. The van der Waals surface area contributed by atoms with Crippen LogP contribution >= 0.6 is 0 Å². The molecule has 3 saturated heterocycles. The zero-order valence-electron chi connectivity index (χ0n) is 43.5. The molecule has 3 fully saturated rings. The van der Waals surface area contributed by atoms with E-state index in [1.165, 1.54) is 48.5 Å². The van der Waals surface area contributed by atoms with Gasteiger partial charge in [-0.25, -0.2) is 13.0 Å². The first-order chi connectivity index (χ1) is 38.2. The van der Waals surface area contributed by atoms with Crippen molar-refractivity contribution in [1.29, 1.82) is 0 Å². The number of carbonyl (C=O) groups is 3. The highest BCUT2D eigenvalue weighted by atomic mass is 32.3. The predicted octanol–water partition coefficient (Wildman–Crippen LogP) is 14.0. The molecule has 13 heteroatoms. The van der Waals surface area contributed by atoms with Crippen molar-refractivity contribution in [2.45, 2.75) is 49.8 Å². The van der Waals surface area contributed by atoms with Crippen molar-refractivity contribution in [3.8, 4) is 33.8 Å². The molecule has 3 aliphatic heterocycles. The molecule has 8 aromatic carbocycles. The lowest BCUT2D eigenvalue weighted by atomic mass is 9.89. The number of hydrogen-bond acceptors (Lipinski definition) is 8. The van der Waals surface area contributed by atoms with Crippen molar-refractivity contribution in [1.82, 2.24) is 0 Å². The fourth-order valence-corrected chi connectivity index (χ4v) is 13.4. The average Bonchev–Trinajstić information content (AvgIpc) is 4.39. The minimum atomic E-state index is -5.40. The van der Waals surface area contributed by atoms with Crippen LogP contribution in [0, 0.1) is 29.4 Å². The van der Waals surface area contributed by atoms with Gasteiger partial charge in [-0.1, -0.05) is 72.8 Å². The maximum atomic E-state index is 15.3. The van der Waals surface area contributed by atoms with Crippen molar-refractivity contribution < 1.29 is 55.4 Å². The third kappa shape index (κ3) is 12.3. The van der Waals surface area contributed by atoms with Crippen LogP contribution < -0.4 is 4.74 Å². The Hall–Kier alpha value is -7.36. The summed E-state index contributed by atoms with van der Waals surface area (Å²) in [5.74, 6) is -0.784. The van der Waals surface area contributed by atoms with E-state index in [-0.39, 0.29) is 40.5 Å². The van der Waals surface area contributed by atoms with Crippen LogP contribution in [0.5, 0.6) is 11.5 Å². The molecule has 0 amide bonds. The van der Waals surface area contributed by atoms with Gasteiger partial charge in [0.05, 0.1) is 17.3 Å². The quantitative estimate of drug-likeness (QED) is 0.0751. The van der Waals surface area contributed by atoms with E-state index in [0.717, 1.165) is 49.0 Å². The number of aryl methyl sites for hydroxylation is 2. The van der Waals surface area contributed by atoms with Crippen LogP contribution in [-0.2, 0) is 36.7 Å². The fourth-order valence-electron chi connectivity index (χ4n) is 11.1. The zero-order chi connectivity index (χ0) is 54.7. The first-order valence-electron chi connectivity index (χ1n) is 26.9. The molecule has 0 bridgehead atoms. The van der Waals surface area contributed by atoms with Crippen LogP contribution in [0.2, 0.25) is 0 Å². The molecule has 10 nitrogen and oxygen atoms in total.